The number of rotatable bonds is 7. The molecule has 0 aliphatic heterocycles. The SMILES string of the molecule is COC(=O)CC1(CSCc2csc(NC(C)=O)n2)CC1. The number of ether oxygens (including phenoxy) is 1. The number of methoxy groups -OCH3 is 1. The molecule has 1 aromatic heterocycles. The van der Waals surface area contributed by atoms with Crippen molar-refractivity contribution in [2.45, 2.75) is 31.9 Å². The van der Waals surface area contributed by atoms with Gasteiger partial charge in [-0.1, -0.05) is 0 Å². The lowest BCUT2D eigenvalue weighted by molar-refractivity contribution is -0.141. The molecular weight excluding hydrogens is 296 g/mol. The number of amides is 1. The van der Waals surface area contributed by atoms with Crippen molar-refractivity contribution in [1.82, 2.24) is 4.98 Å². The van der Waals surface area contributed by atoms with E-state index < -0.39 is 0 Å². The van der Waals surface area contributed by atoms with Gasteiger partial charge in [-0.25, -0.2) is 4.98 Å². The molecule has 1 amide bonds. The summed E-state index contributed by atoms with van der Waals surface area (Å²) in [5.74, 6) is 1.53. The summed E-state index contributed by atoms with van der Waals surface area (Å²) < 4.78 is 4.73. The van der Waals surface area contributed by atoms with Gasteiger partial charge in [0.05, 0.1) is 19.2 Å². The van der Waals surface area contributed by atoms with E-state index in [2.05, 4.69) is 10.3 Å². The monoisotopic (exact) mass is 314 g/mol. The fourth-order valence-electron chi connectivity index (χ4n) is 1.88. The van der Waals surface area contributed by atoms with Gasteiger partial charge < -0.3 is 10.1 Å². The third kappa shape index (κ3) is 4.49. The maximum Gasteiger partial charge on any atom is 0.306 e. The van der Waals surface area contributed by atoms with Gasteiger partial charge in [-0.05, 0) is 24.0 Å². The number of esters is 1. The largest absolute Gasteiger partial charge is 0.469 e. The fraction of sp³-hybridized carbons (Fsp3) is 0.615. The first-order valence-corrected chi connectivity index (χ1v) is 8.43. The number of carbonyl (C=O) groups is 2. The number of thioether (sulfide) groups is 1. The average Bonchev–Trinajstić information content (AvgIpc) is 3.00. The molecule has 0 aromatic carbocycles. The van der Waals surface area contributed by atoms with Crippen molar-refractivity contribution in [2.24, 2.45) is 5.41 Å². The quantitative estimate of drug-likeness (QED) is 0.784. The van der Waals surface area contributed by atoms with Crippen LogP contribution in [0, 0.1) is 5.41 Å². The number of carbonyl (C=O) groups excluding carboxylic acids is 2. The molecule has 2 rings (SSSR count). The molecule has 0 atom stereocenters. The minimum Gasteiger partial charge on any atom is -0.469 e. The van der Waals surface area contributed by atoms with Crippen molar-refractivity contribution in [2.75, 3.05) is 18.2 Å². The second-order valence-electron chi connectivity index (χ2n) is 5.07. The minimum atomic E-state index is -0.121. The Bertz CT molecular complexity index is 498. The van der Waals surface area contributed by atoms with Gasteiger partial charge in [-0.3, -0.25) is 9.59 Å². The highest BCUT2D eigenvalue weighted by molar-refractivity contribution is 7.98. The Balaban J connectivity index is 1.74. The molecule has 110 valence electrons. The first-order valence-electron chi connectivity index (χ1n) is 6.40. The molecule has 0 unspecified atom stereocenters. The van der Waals surface area contributed by atoms with Crippen LogP contribution >= 0.6 is 23.1 Å². The zero-order valence-electron chi connectivity index (χ0n) is 11.6. The van der Waals surface area contributed by atoms with Gasteiger partial charge in [0.15, 0.2) is 5.13 Å². The summed E-state index contributed by atoms with van der Waals surface area (Å²) in [6.07, 6.45) is 2.72. The first-order chi connectivity index (χ1) is 9.53. The molecule has 1 N–H and O–H groups in total. The van der Waals surface area contributed by atoms with E-state index in [1.165, 1.54) is 25.4 Å². The number of nitrogens with zero attached hydrogens (tertiary/aromatic N) is 1. The van der Waals surface area contributed by atoms with E-state index in [4.69, 9.17) is 4.74 Å². The molecule has 7 heteroatoms. The number of aromatic nitrogens is 1. The molecule has 1 aliphatic carbocycles. The standard InChI is InChI=1S/C13H18N2O3S2/c1-9(16)14-12-15-10(7-20-12)6-19-8-13(3-4-13)5-11(17)18-2/h7H,3-6,8H2,1-2H3,(H,14,15,16). The Morgan fingerprint density at radius 2 is 2.30 bits per heavy atom. The van der Waals surface area contributed by atoms with Crippen LogP contribution in [0.15, 0.2) is 5.38 Å². The maximum absolute atomic E-state index is 11.3. The maximum atomic E-state index is 11.3. The highest BCUT2D eigenvalue weighted by Gasteiger charge is 2.44. The van der Waals surface area contributed by atoms with Crippen molar-refractivity contribution in [3.63, 3.8) is 0 Å². The van der Waals surface area contributed by atoms with E-state index in [0.717, 1.165) is 30.0 Å². The Kier molecular flexibility index (Phi) is 5.04. The highest BCUT2D eigenvalue weighted by Crippen LogP contribution is 2.51. The normalized spacial score (nSPS) is 15.7. The number of hydrogen-bond acceptors (Lipinski definition) is 6. The van der Waals surface area contributed by atoms with Gasteiger partial charge in [0.2, 0.25) is 5.91 Å². The van der Waals surface area contributed by atoms with Crippen LogP contribution in [0.2, 0.25) is 0 Å². The molecule has 1 aromatic rings. The molecule has 0 saturated heterocycles. The Hall–Kier alpha value is -1.08. The number of hydrogen-bond donors (Lipinski definition) is 1. The molecule has 1 fully saturated rings. The molecule has 0 bridgehead atoms. The number of thiazole rings is 1. The summed E-state index contributed by atoms with van der Waals surface area (Å²) in [6.45, 7) is 1.47. The molecule has 20 heavy (non-hydrogen) atoms. The zero-order valence-corrected chi connectivity index (χ0v) is 13.2. The van der Waals surface area contributed by atoms with Crippen molar-refractivity contribution in [3.05, 3.63) is 11.1 Å². The van der Waals surface area contributed by atoms with Crippen LogP contribution in [0.3, 0.4) is 0 Å². The second-order valence-corrected chi connectivity index (χ2v) is 6.91. The van der Waals surface area contributed by atoms with Crippen molar-refractivity contribution in [1.29, 1.82) is 0 Å². The van der Waals surface area contributed by atoms with Gasteiger partial charge >= 0.3 is 5.97 Å². The fourth-order valence-corrected chi connectivity index (χ4v) is 4.03. The lowest BCUT2D eigenvalue weighted by Crippen LogP contribution is -2.13. The van der Waals surface area contributed by atoms with E-state index in [-0.39, 0.29) is 17.3 Å². The second kappa shape index (κ2) is 6.58. The summed E-state index contributed by atoms with van der Waals surface area (Å²) >= 11 is 3.22. The summed E-state index contributed by atoms with van der Waals surface area (Å²) in [6, 6.07) is 0. The number of anilines is 1. The minimum absolute atomic E-state index is 0.103. The van der Waals surface area contributed by atoms with Crippen molar-refractivity contribution >= 4 is 40.1 Å². The number of nitrogens with one attached hydrogen (secondary N) is 1. The highest BCUT2D eigenvalue weighted by atomic mass is 32.2. The molecule has 1 aliphatic rings. The van der Waals surface area contributed by atoms with Crippen LogP contribution in [0.4, 0.5) is 5.13 Å². The van der Waals surface area contributed by atoms with E-state index in [9.17, 15) is 9.59 Å². The summed E-state index contributed by atoms with van der Waals surface area (Å²) in [5.41, 5.74) is 1.12. The lowest BCUT2D eigenvalue weighted by atomic mass is 10.1. The Morgan fingerprint density at radius 3 is 2.90 bits per heavy atom. The van der Waals surface area contributed by atoms with Gasteiger partial charge in [-0.2, -0.15) is 11.8 Å². The van der Waals surface area contributed by atoms with Crippen LogP contribution in [0.5, 0.6) is 0 Å². The summed E-state index contributed by atoms with van der Waals surface area (Å²) in [7, 11) is 1.43. The third-order valence-electron chi connectivity index (χ3n) is 3.20. The first kappa shape index (κ1) is 15.3. The smallest absolute Gasteiger partial charge is 0.306 e. The van der Waals surface area contributed by atoms with Gasteiger partial charge in [-0.15, -0.1) is 11.3 Å². The van der Waals surface area contributed by atoms with Gasteiger partial charge in [0.1, 0.15) is 0 Å². The average molecular weight is 314 g/mol. The molecular formula is C13H18N2O3S2. The molecule has 1 saturated carbocycles. The van der Waals surface area contributed by atoms with E-state index in [1.54, 1.807) is 11.8 Å². The van der Waals surface area contributed by atoms with E-state index in [0.29, 0.717) is 11.6 Å². The molecule has 5 nitrogen and oxygen atoms in total. The van der Waals surface area contributed by atoms with E-state index >= 15 is 0 Å². The summed E-state index contributed by atoms with van der Waals surface area (Å²) in [5, 5.41) is 5.27. The molecule has 1 heterocycles. The van der Waals surface area contributed by atoms with Crippen molar-refractivity contribution < 1.29 is 14.3 Å². The van der Waals surface area contributed by atoms with Gasteiger partial charge in [0.25, 0.3) is 0 Å². The van der Waals surface area contributed by atoms with Crippen LogP contribution in [-0.2, 0) is 20.1 Å². The molecule has 0 spiro atoms. The van der Waals surface area contributed by atoms with Crippen LogP contribution in [0.1, 0.15) is 31.9 Å². The van der Waals surface area contributed by atoms with Crippen molar-refractivity contribution in [3.8, 4) is 0 Å². The van der Waals surface area contributed by atoms with E-state index in [1.807, 2.05) is 5.38 Å². The Morgan fingerprint density at radius 1 is 1.55 bits per heavy atom. The van der Waals surface area contributed by atoms with Crippen LogP contribution in [-0.4, -0.2) is 29.7 Å². The van der Waals surface area contributed by atoms with Crippen LogP contribution in [0.25, 0.3) is 0 Å². The topological polar surface area (TPSA) is 68.3 Å². The molecule has 0 radical (unpaired) electrons. The Labute approximate surface area is 126 Å². The predicted molar refractivity (Wildman–Crippen MR) is 80.9 cm³/mol. The van der Waals surface area contributed by atoms with Gasteiger partial charge in [0, 0.05) is 18.1 Å². The zero-order chi connectivity index (χ0) is 14.6. The lowest BCUT2D eigenvalue weighted by Gasteiger charge is -2.12. The van der Waals surface area contributed by atoms with Crippen LogP contribution < -0.4 is 5.32 Å². The third-order valence-corrected chi connectivity index (χ3v) is 5.32. The predicted octanol–water partition coefficient (Wildman–Crippen LogP) is 2.68. The summed E-state index contributed by atoms with van der Waals surface area (Å²) in [4.78, 5) is 26.6.